The Labute approximate surface area is 82.8 Å². The zero-order chi connectivity index (χ0) is 10.6. The van der Waals surface area contributed by atoms with E-state index in [2.05, 4.69) is 9.97 Å². The Morgan fingerprint density at radius 3 is 2.79 bits per heavy atom. The number of H-pyrrole nitrogens is 1. The molecule has 2 heterocycles. The molecule has 2 aromatic rings. The minimum atomic E-state index is -0.0458. The van der Waals surface area contributed by atoms with Crippen LogP contribution in [0.2, 0.25) is 0 Å². The van der Waals surface area contributed by atoms with Crippen molar-refractivity contribution in [2.24, 2.45) is 0 Å². The van der Waals surface area contributed by atoms with Crippen molar-refractivity contribution in [1.29, 1.82) is 0 Å². The van der Waals surface area contributed by atoms with Gasteiger partial charge in [-0.05, 0) is 25.1 Å². The molecule has 74 valence electrons. The molecule has 0 fully saturated rings. The van der Waals surface area contributed by atoms with Gasteiger partial charge in [-0.15, -0.1) is 0 Å². The van der Waals surface area contributed by atoms with Crippen molar-refractivity contribution in [2.45, 2.75) is 20.8 Å². The molecule has 0 aliphatic rings. The lowest BCUT2D eigenvalue weighted by atomic mass is 10.2. The molecular weight excluding hydrogens is 176 g/mol. The molecule has 0 aliphatic heterocycles. The number of nitrogens with one attached hydrogen (secondary N) is 1. The van der Waals surface area contributed by atoms with Crippen LogP contribution in [0.3, 0.4) is 0 Å². The minimum absolute atomic E-state index is 0.0458. The van der Waals surface area contributed by atoms with Crippen LogP contribution < -0.4 is 5.56 Å². The van der Waals surface area contributed by atoms with Crippen LogP contribution in [0.5, 0.6) is 0 Å². The van der Waals surface area contributed by atoms with E-state index in [1.807, 2.05) is 19.9 Å². The van der Waals surface area contributed by atoms with E-state index in [9.17, 15) is 4.79 Å². The van der Waals surface area contributed by atoms with E-state index in [0.29, 0.717) is 5.56 Å². The summed E-state index contributed by atoms with van der Waals surface area (Å²) in [7, 11) is 0. The normalized spacial score (nSPS) is 9.36. The molecule has 0 aromatic carbocycles. The third-order valence-electron chi connectivity index (χ3n) is 1.80. The second-order valence-electron chi connectivity index (χ2n) is 2.72. The summed E-state index contributed by atoms with van der Waals surface area (Å²) in [6.45, 7) is 5.77. The number of aromatic nitrogens is 2. The van der Waals surface area contributed by atoms with Gasteiger partial charge in [0.05, 0.1) is 11.0 Å². The fraction of sp³-hybridized carbons (Fsp3) is 0.273. The SMILES string of the molecule is CC.Cc1cc2ncccc2[nH]c1=O. The van der Waals surface area contributed by atoms with E-state index in [0.717, 1.165) is 11.0 Å². The first-order valence-corrected chi connectivity index (χ1v) is 4.72. The quantitative estimate of drug-likeness (QED) is 0.692. The van der Waals surface area contributed by atoms with Gasteiger partial charge in [0.2, 0.25) is 0 Å². The number of hydrogen-bond acceptors (Lipinski definition) is 2. The van der Waals surface area contributed by atoms with Crippen LogP contribution in [0.15, 0.2) is 29.2 Å². The van der Waals surface area contributed by atoms with Crippen LogP contribution in [0.25, 0.3) is 11.0 Å². The smallest absolute Gasteiger partial charge is 0.251 e. The number of aromatic amines is 1. The van der Waals surface area contributed by atoms with Gasteiger partial charge >= 0.3 is 0 Å². The van der Waals surface area contributed by atoms with Gasteiger partial charge in [-0.2, -0.15) is 0 Å². The standard InChI is InChI=1S/C9H8N2O.C2H6/c1-6-5-8-7(11-9(6)12)3-2-4-10-8;1-2/h2-5H,1H3,(H,11,12);1-2H3. The fourth-order valence-electron chi connectivity index (χ4n) is 1.13. The largest absolute Gasteiger partial charge is 0.320 e. The predicted molar refractivity (Wildman–Crippen MR) is 58.4 cm³/mol. The molecule has 3 heteroatoms. The van der Waals surface area contributed by atoms with Gasteiger partial charge in [-0.3, -0.25) is 9.78 Å². The average molecular weight is 190 g/mol. The second kappa shape index (κ2) is 4.56. The summed E-state index contributed by atoms with van der Waals surface area (Å²) < 4.78 is 0. The summed E-state index contributed by atoms with van der Waals surface area (Å²) in [6, 6.07) is 5.42. The summed E-state index contributed by atoms with van der Waals surface area (Å²) in [5.74, 6) is 0. The summed E-state index contributed by atoms with van der Waals surface area (Å²) in [4.78, 5) is 18.0. The van der Waals surface area contributed by atoms with E-state index in [-0.39, 0.29) is 5.56 Å². The number of pyridine rings is 2. The molecule has 2 aromatic heterocycles. The Morgan fingerprint density at radius 2 is 2.07 bits per heavy atom. The molecule has 0 aliphatic carbocycles. The zero-order valence-electron chi connectivity index (χ0n) is 8.66. The number of rotatable bonds is 0. The van der Waals surface area contributed by atoms with Crippen LogP contribution >= 0.6 is 0 Å². The predicted octanol–water partition coefficient (Wildman–Crippen LogP) is 2.26. The second-order valence-corrected chi connectivity index (χ2v) is 2.72. The molecule has 0 radical (unpaired) electrons. The molecule has 0 saturated carbocycles. The van der Waals surface area contributed by atoms with Gasteiger partial charge in [-0.25, -0.2) is 0 Å². The molecule has 2 rings (SSSR count). The summed E-state index contributed by atoms with van der Waals surface area (Å²) >= 11 is 0. The third-order valence-corrected chi connectivity index (χ3v) is 1.80. The number of aryl methyl sites for hydroxylation is 1. The van der Waals surface area contributed by atoms with Crippen molar-refractivity contribution in [1.82, 2.24) is 9.97 Å². The van der Waals surface area contributed by atoms with Gasteiger partial charge in [0.15, 0.2) is 0 Å². The molecule has 0 unspecified atom stereocenters. The molecule has 1 N–H and O–H groups in total. The van der Waals surface area contributed by atoms with Crippen LogP contribution in [0, 0.1) is 6.92 Å². The first-order chi connectivity index (χ1) is 6.77. The van der Waals surface area contributed by atoms with Crippen molar-refractivity contribution in [3.63, 3.8) is 0 Å². The number of fused-ring (bicyclic) bond motifs is 1. The number of nitrogens with zero attached hydrogens (tertiary/aromatic N) is 1. The van der Waals surface area contributed by atoms with E-state index in [1.165, 1.54) is 0 Å². The Hall–Kier alpha value is -1.64. The van der Waals surface area contributed by atoms with Crippen LogP contribution in [0.1, 0.15) is 19.4 Å². The molecule has 0 spiro atoms. The summed E-state index contributed by atoms with van der Waals surface area (Å²) in [6.07, 6.45) is 1.71. The molecule has 0 atom stereocenters. The zero-order valence-corrected chi connectivity index (χ0v) is 8.66. The van der Waals surface area contributed by atoms with Gasteiger partial charge < -0.3 is 4.98 Å². The summed E-state index contributed by atoms with van der Waals surface area (Å²) in [5.41, 5.74) is 2.26. The molecule has 3 nitrogen and oxygen atoms in total. The Bertz CT molecular complexity index is 474. The minimum Gasteiger partial charge on any atom is -0.320 e. The van der Waals surface area contributed by atoms with E-state index < -0.39 is 0 Å². The third kappa shape index (κ3) is 1.99. The van der Waals surface area contributed by atoms with Crippen LogP contribution in [-0.2, 0) is 0 Å². The Balaban J connectivity index is 0.000000461. The van der Waals surface area contributed by atoms with E-state index in [4.69, 9.17) is 0 Å². The summed E-state index contributed by atoms with van der Waals surface area (Å²) in [5, 5.41) is 0. The highest BCUT2D eigenvalue weighted by molar-refractivity contribution is 5.73. The fourth-order valence-corrected chi connectivity index (χ4v) is 1.13. The van der Waals surface area contributed by atoms with Crippen LogP contribution in [-0.4, -0.2) is 9.97 Å². The first kappa shape index (κ1) is 10.4. The van der Waals surface area contributed by atoms with Crippen molar-refractivity contribution in [3.8, 4) is 0 Å². The van der Waals surface area contributed by atoms with E-state index in [1.54, 1.807) is 25.3 Å². The first-order valence-electron chi connectivity index (χ1n) is 4.72. The van der Waals surface area contributed by atoms with Crippen molar-refractivity contribution < 1.29 is 0 Å². The van der Waals surface area contributed by atoms with Crippen molar-refractivity contribution >= 4 is 11.0 Å². The maximum absolute atomic E-state index is 11.1. The molecule has 0 amide bonds. The lowest BCUT2D eigenvalue weighted by Crippen LogP contribution is -2.08. The van der Waals surface area contributed by atoms with Gasteiger partial charge in [0, 0.05) is 11.8 Å². The van der Waals surface area contributed by atoms with Gasteiger partial charge in [0.1, 0.15) is 0 Å². The highest BCUT2D eigenvalue weighted by atomic mass is 16.1. The van der Waals surface area contributed by atoms with Crippen molar-refractivity contribution in [3.05, 3.63) is 40.3 Å². The van der Waals surface area contributed by atoms with Gasteiger partial charge in [-0.1, -0.05) is 13.8 Å². The maximum atomic E-state index is 11.1. The topological polar surface area (TPSA) is 45.8 Å². The van der Waals surface area contributed by atoms with E-state index >= 15 is 0 Å². The van der Waals surface area contributed by atoms with Crippen molar-refractivity contribution in [2.75, 3.05) is 0 Å². The molecule has 0 saturated heterocycles. The maximum Gasteiger partial charge on any atom is 0.251 e. The monoisotopic (exact) mass is 190 g/mol. The lowest BCUT2D eigenvalue weighted by molar-refractivity contribution is 1.21. The van der Waals surface area contributed by atoms with Crippen LogP contribution in [0.4, 0.5) is 0 Å². The number of hydrogen-bond donors (Lipinski definition) is 1. The lowest BCUT2D eigenvalue weighted by Gasteiger charge is -1.96. The Kier molecular flexibility index (Phi) is 3.40. The Morgan fingerprint density at radius 1 is 1.36 bits per heavy atom. The highest BCUT2D eigenvalue weighted by Crippen LogP contribution is 2.05. The average Bonchev–Trinajstić information content (AvgIpc) is 2.23. The molecule has 0 bridgehead atoms. The molecular formula is C11H14N2O. The van der Waals surface area contributed by atoms with Gasteiger partial charge in [0.25, 0.3) is 5.56 Å². The molecule has 14 heavy (non-hydrogen) atoms. The highest BCUT2D eigenvalue weighted by Gasteiger charge is 1.96.